The van der Waals surface area contributed by atoms with Gasteiger partial charge in [-0.15, -0.1) is 13.2 Å². The molecule has 1 fully saturated rings. The second-order valence-electron chi connectivity index (χ2n) is 3.81. The van der Waals surface area contributed by atoms with Crippen LogP contribution in [0.25, 0.3) is 0 Å². The van der Waals surface area contributed by atoms with Crippen LogP contribution in [0.5, 0.6) is 5.75 Å². The SMILES string of the molecule is O=C1OC(CBr)CN1c1ccc(OC(F)(F)F)cc1. The Labute approximate surface area is 115 Å². The number of benzene rings is 1. The lowest BCUT2D eigenvalue weighted by atomic mass is 10.2. The number of alkyl halides is 4. The third kappa shape index (κ3) is 3.52. The van der Waals surface area contributed by atoms with Crippen LogP contribution in [0, 0.1) is 0 Å². The fraction of sp³-hybridized carbons (Fsp3) is 0.364. The Morgan fingerprint density at radius 1 is 1.37 bits per heavy atom. The molecule has 1 aliphatic rings. The summed E-state index contributed by atoms with van der Waals surface area (Å²) in [5.74, 6) is -0.333. The molecule has 4 nitrogen and oxygen atoms in total. The average Bonchev–Trinajstić information content (AvgIpc) is 2.70. The number of nitrogens with zero attached hydrogens (tertiary/aromatic N) is 1. The van der Waals surface area contributed by atoms with E-state index in [2.05, 4.69) is 20.7 Å². The van der Waals surface area contributed by atoms with Gasteiger partial charge in [0, 0.05) is 11.0 Å². The summed E-state index contributed by atoms with van der Waals surface area (Å²) in [6.45, 7) is 0.351. The van der Waals surface area contributed by atoms with Gasteiger partial charge in [0.05, 0.1) is 6.54 Å². The first kappa shape index (κ1) is 14.0. The summed E-state index contributed by atoms with van der Waals surface area (Å²) < 4.78 is 44.7. The number of cyclic esters (lactones) is 1. The molecule has 104 valence electrons. The molecule has 0 aliphatic carbocycles. The molecular formula is C11H9BrF3NO3. The van der Waals surface area contributed by atoms with Crippen molar-refractivity contribution < 1.29 is 27.4 Å². The summed E-state index contributed by atoms with van der Waals surface area (Å²) in [5, 5.41) is 0.504. The molecule has 1 aromatic carbocycles. The van der Waals surface area contributed by atoms with Gasteiger partial charge in [0.2, 0.25) is 0 Å². The first-order chi connectivity index (χ1) is 8.89. The number of carbonyl (C=O) groups excluding carboxylic acids is 1. The van der Waals surface area contributed by atoms with Gasteiger partial charge in [-0.3, -0.25) is 4.90 Å². The summed E-state index contributed by atoms with van der Waals surface area (Å²) in [4.78, 5) is 12.9. The van der Waals surface area contributed by atoms with Crippen molar-refractivity contribution in [1.29, 1.82) is 0 Å². The summed E-state index contributed by atoms with van der Waals surface area (Å²) in [6.07, 6.45) is -5.51. The minimum absolute atomic E-state index is 0.265. The normalized spacial score (nSPS) is 19.5. The molecule has 2 rings (SSSR count). The number of halogens is 4. The maximum atomic E-state index is 12.0. The van der Waals surface area contributed by atoms with E-state index >= 15 is 0 Å². The fourth-order valence-corrected chi connectivity index (χ4v) is 1.98. The minimum atomic E-state index is -4.73. The Hall–Kier alpha value is -1.44. The molecule has 1 heterocycles. The molecule has 0 N–H and O–H groups in total. The van der Waals surface area contributed by atoms with Gasteiger partial charge in [-0.05, 0) is 24.3 Å². The van der Waals surface area contributed by atoms with Gasteiger partial charge in [-0.2, -0.15) is 0 Å². The zero-order valence-corrected chi connectivity index (χ0v) is 11.1. The van der Waals surface area contributed by atoms with Crippen molar-refractivity contribution in [2.45, 2.75) is 12.5 Å². The van der Waals surface area contributed by atoms with E-state index in [4.69, 9.17) is 4.74 Å². The molecule has 1 aliphatic heterocycles. The van der Waals surface area contributed by atoms with E-state index in [1.165, 1.54) is 17.0 Å². The molecule has 0 aromatic heterocycles. The molecule has 1 aromatic rings. The smallest absolute Gasteiger partial charge is 0.443 e. The molecule has 19 heavy (non-hydrogen) atoms. The number of rotatable bonds is 3. The van der Waals surface area contributed by atoms with Crippen LogP contribution in [0.4, 0.5) is 23.7 Å². The Morgan fingerprint density at radius 2 is 2.00 bits per heavy atom. The predicted molar refractivity (Wildman–Crippen MR) is 64.5 cm³/mol. The van der Waals surface area contributed by atoms with Crippen molar-refractivity contribution in [2.75, 3.05) is 16.8 Å². The maximum Gasteiger partial charge on any atom is 0.573 e. The highest BCUT2D eigenvalue weighted by molar-refractivity contribution is 9.09. The van der Waals surface area contributed by atoms with E-state index in [1.807, 2.05) is 0 Å². The van der Waals surface area contributed by atoms with E-state index in [1.54, 1.807) is 0 Å². The van der Waals surface area contributed by atoms with Crippen LogP contribution >= 0.6 is 15.9 Å². The number of carbonyl (C=O) groups is 1. The molecule has 0 spiro atoms. The van der Waals surface area contributed by atoms with Crippen molar-refractivity contribution in [3.8, 4) is 5.75 Å². The largest absolute Gasteiger partial charge is 0.573 e. The third-order valence-corrected chi connectivity index (χ3v) is 3.15. The van der Waals surface area contributed by atoms with Gasteiger partial charge >= 0.3 is 12.5 Å². The number of hydrogen-bond donors (Lipinski definition) is 0. The van der Waals surface area contributed by atoms with E-state index in [0.29, 0.717) is 17.6 Å². The molecule has 8 heteroatoms. The monoisotopic (exact) mass is 339 g/mol. The van der Waals surface area contributed by atoms with Crippen molar-refractivity contribution in [2.24, 2.45) is 0 Å². The van der Waals surface area contributed by atoms with E-state index in [9.17, 15) is 18.0 Å². The molecule has 1 unspecified atom stereocenters. The third-order valence-electron chi connectivity index (χ3n) is 2.43. The quantitative estimate of drug-likeness (QED) is 0.793. The first-order valence-electron chi connectivity index (χ1n) is 5.29. The molecule has 0 bridgehead atoms. The van der Waals surface area contributed by atoms with Crippen LogP contribution in [0.2, 0.25) is 0 Å². The molecule has 0 saturated carbocycles. The molecular weight excluding hydrogens is 331 g/mol. The predicted octanol–water partition coefficient (Wildman–Crippen LogP) is 3.31. The number of hydrogen-bond acceptors (Lipinski definition) is 3. The maximum absolute atomic E-state index is 12.0. The van der Waals surface area contributed by atoms with E-state index in [-0.39, 0.29) is 11.9 Å². The topological polar surface area (TPSA) is 38.8 Å². The highest BCUT2D eigenvalue weighted by Gasteiger charge is 2.33. The van der Waals surface area contributed by atoms with Crippen molar-refractivity contribution in [3.05, 3.63) is 24.3 Å². The average molecular weight is 340 g/mol. The van der Waals surface area contributed by atoms with Crippen LogP contribution in [-0.2, 0) is 4.74 Å². The van der Waals surface area contributed by atoms with Crippen molar-refractivity contribution >= 4 is 27.7 Å². The molecule has 1 saturated heterocycles. The molecule has 0 radical (unpaired) electrons. The Bertz CT molecular complexity index is 463. The standard InChI is InChI=1S/C11H9BrF3NO3/c12-5-9-6-16(10(17)18-9)7-1-3-8(4-2-7)19-11(13,14)15/h1-4,9H,5-6H2. The summed E-state index contributed by atoms with van der Waals surface area (Å²) >= 11 is 3.20. The molecule has 1 amide bonds. The van der Waals surface area contributed by atoms with Crippen LogP contribution in [0.1, 0.15) is 0 Å². The lowest BCUT2D eigenvalue weighted by Gasteiger charge is -2.14. The van der Waals surface area contributed by atoms with Crippen molar-refractivity contribution in [1.82, 2.24) is 0 Å². The second-order valence-corrected chi connectivity index (χ2v) is 4.46. The number of ether oxygens (including phenoxy) is 2. The van der Waals surface area contributed by atoms with E-state index in [0.717, 1.165) is 12.1 Å². The van der Waals surface area contributed by atoms with Crippen LogP contribution in [-0.4, -0.2) is 30.4 Å². The van der Waals surface area contributed by atoms with Gasteiger partial charge in [0.1, 0.15) is 11.9 Å². The van der Waals surface area contributed by atoms with Crippen molar-refractivity contribution in [3.63, 3.8) is 0 Å². The van der Waals surface area contributed by atoms with Gasteiger partial charge in [0.25, 0.3) is 0 Å². The van der Waals surface area contributed by atoms with Gasteiger partial charge < -0.3 is 9.47 Å². The summed E-state index contributed by atoms with van der Waals surface area (Å²) in [7, 11) is 0. The second kappa shape index (κ2) is 5.28. The van der Waals surface area contributed by atoms with Crippen LogP contribution in [0.3, 0.4) is 0 Å². The van der Waals surface area contributed by atoms with Gasteiger partial charge in [-0.25, -0.2) is 4.79 Å². The number of amides is 1. The number of anilines is 1. The highest BCUT2D eigenvalue weighted by atomic mass is 79.9. The Kier molecular flexibility index (Phi) is 3.88. The fourth-order valence-electron chi connectivity index (χ4n) is 1.64. The zero-order valence-electron chi connectivity index (χ0n) is 9.48. The Morgan fingerprint density at radius 3 is 2.47 bits per heavy atom. The lowest BCUT2D eigenvalue weighted by Crippen LogP contribution is -2.24. The lowest BCUT2D eigenvalue weighted by molar-refractivity contribution is -0.274. The summed E-state index contributed by atoms with van der Waals surface area (Å²) in [5.41, 5.74) is 0.461. The zero-order chi connectivity index (χ0) is 14.0. The van der Waals surface area contributed by atoms with Crippen LogP contribution < -0.4 is 9.64 Å². The highest BCUT2D eigenvalue weighted by Crippen LogP contribution is 2.27. The van der Waals surface area contributed by atoms with Gasteiger partial charge in [-0.1, -0.05) is 15.9 Å². The first-order valence-corrected chi connectivity index (χ1v) is 6.41. The van der Waals surface area contributed by atoms with Crippen LogP contribution in [0.15, 0.2) is 24.3 Å². The summed E-state index contributed by atoms with van der Waals surface area (Å²) in [6, 6.07) is 5.05. The van der Waals surface area contributed by atoms with Gasteiger partial charge in [0.15, 0.2) is 0 Å². The Balaban J connectivity index is 2.08. The molecule has 1 atom stereocenters. The van der Waals surface area contributed by atoms with E-state index < -0.39 is 12.5 Å². The minimum Gasteiger partial charge on any atom is -0.443 e.